The maximum Gasteiger partial charge on any atom is 0.271 e. The summed E-state index contributed by atoms with van der Waals surface area (Å²) in [6, 6.07) is 4.47. The molecule has 0 radical (unpaired) electrons. The average Bonchev–Trinajstić information content (AvgIpc) is 2.63. The highest BCUT2D eigenvalue weighted by Crippen LogP contribution is 2.30. The van der Waals surface area contributed by atoms with Crippen molar-refractivity contribution >= 4 is 33.0 Å². The van der Waals surface area contributed by atoms with Crippen LogP contribution in [0.2, 0.25) is 0 Å². The van der Waals surface area contributed by atoms with Gasteiger partial charge in [-0.05, 0) is 25.1 Å². The van der Waals surface area contributed by atoms with Crippen LogP contribution in [0.4, 0.5) is 25.8 Å². The van der Waals surface area contributed by atoms with Crippen molar-refractivity contribution in [3.05, 3.63) is 58.1 Å². The number of rotatable bonds is 7. The molecule has 0 bridgehead atoms. The Balaban J connectivity index is 2.41. The standard InChI is InChI=1S/C17H17F2N3O6S/c1-10(21(29(3,26)27)11-4-6-13(18)14(19)8-11)17(23)20-15-9-12(22(24)25)5-7-16(15)28-2/h4-10H,1-3H3,(H,20,23)/t10-/m1/s1. The molecule has 0 saturated heterocycles. The van der Waals surface area contributed by atoms with E-state index in [1.54, 1.807) is 0 Å². The molecule has 2 aromatic rings. The number of ether oxygens (including phenoxy) is 1. The molecule has 29 heavy (non-hydrogen) atoms. The Hall–Kier alpha value is -3.28. The first-order chi connectivity index (χ1) is 13.5. The fourth-order valence-corrected chi connectivity index (χ4v) is 3.74. The molecule has 2 rings (SSSR count). The van der Waals surface area contributed by atoms with Gasteiger partial charge in [0.1, 0.15) is 11.8 Å². The van der Waals surface area contributed by atoms with Crippen LogP contribution in [0.5, 0.6) is 5.75 Å². The number of nitro benzene ring substituents is 1. The molecular weight excluding hydrogens is 412 g/mol. The Morgan fingerprint density at radius 2 is 1.86 bits per heavy atom. The molecule has 0 unspecified atom stereocenters. The van der Waals surface area contributed by atoms with Gasteiger partial charge in [-0.25, -0.2) is 17.2 Å². The number of halogens is 2. The number of carbonyl (C=O) groups excluding carboxylic acids is 1. The molecule has 12 heteroatoms. The monoisotopic (exact) mass is 429 g/mol. The largest absolute Gasteiger partial charge is 0.495 e. The zero-order valence-corrected chi connectivity index (χ0v) is 16.4. The lowest BCUT2D eigenvalue weighted by Gasteiger charge is -2.28. The topological polar surface area (TPSA) is 119 Å². The van der Waals surface area contributed by atoms with Gasteiger partial charge in [-0.1, -0.05) is 0 Å². The SMILES string of the molecule is COc1ccc([N+](=O)[O-])cc1NC(=O)[C@@H](C)N(c1ccc(F)c(F)c1)S(C)(=O)=O. The number of methoxy groups -OCH3 is 1. The second-order valence-corrected chi connectivity index (χ2v) is 7.82. The van der Waals surface area contributed by atoms with Gasteiger partial charge in [0, 0.05) is 18.2 Å². The molecule has 1 N–H and O–H groups in total. The van der Waals surface area contributed by atoms with Crippen molar-refractivity contribution in [1.29, 1.82) is 0 Å². The van der Waals surface area contributed by atoms with Crippen molar-refractivity contribution in [2.75, 3.05) is 23.0 Å². The molecule has 0 spiro atoms. The van der Waals surface area contributed by atoms with E-state index in [0.29, 0.717) is 10.4 Å². The molecule has 0 fully saturated rings. The fraction of sp³-hybridized carbons (Fsp3) is 0.235. The Kier molecular flexibility index (Phi) is 6.37. The van der Waals surface area contributed by atoms with Gasteiger partial charge in [-0.15, -0.1) is 0 Å². The van der Waals surface area contributed by atoms with Gasteiger partial charge in [0.05, 0.1) is 29.7 Å². The van der Waals surface area contributed by atoms with Gasteiger partial charge in [0.25, 0.3) is 5.69 Å². The number of carbonyl (C=O) groups is 1. The Morgan fingerprint density at radius 1 is 1.21 bits per heavy atom. The first-order valence-electron chi connectivity index (χ1n) is 8.03. The van der Waals surface area contributed by atoms with Gasteiger partial charge in [-0.2, -0.15) is 0 Å². The van der Waals surface area contributed by atoms with E-state index in [9.17, 15) is 32.1 Å². The first kappa shape index (κ1) is 22.0. The minimum Gasteiger partial charge on any atom is -0.495 e. The molecule has 1 atom stereocenters. The van der Waals surface area contributed by atoms with Crippen LogP contribution in [0, 0.1) is 21.7 Å². The molecule has 0 aliphatic rings. The minimum atomic E-state index is -4.08. The fourth-order valence-electron chi connectivity index (χ4n) is 2.58. The van der Waals surface area contributed by atoms with Crippen LogP contribution in [-0.4, -0.2) is 38.7 Å². The van der Waals surface area contributed by atoms with E-state index in [1.807, 2.05) is 0 Å². The van der Waals surface area contributed by atoms with Crippen molar-refractivity contribution in [2.45, 2.75) is 13.0 Å². The summed E-state index contributed by atoms with van der Waals surface area (Å²) in [6.07, 6.45) is 0.798. The maximum absolute atomic E-state index is 13.6. The summed E-state index contributed by atoms with van der Waals surface area (Å²) in [5, 5.41) is 13.3. The number of hydrogen-bond donors (Lipinski definition) is 1. The lowest BCUT2D eigenvalue weighted by Crippen LogP contribution is -2.45. The zero-order valence-electron chi connectivity index (χ0n) is 15.5. The Labute approximate surface area is 165 Å². The molecule has 0 aliphatic carbocycles. The van der Waals surface area contributed by atoms with Gasteiger partial charge in [-0.3, -0.25) is 19.2 Å². The summed E-state index contributed by atoms with van der Waals surface area (Å²) < 4.78 is 56.8. The Morgan fingerprint density at radius 3 is 2.38 bits per heavy atom. The first-order valence-corrected chi connectivity index (χ1v) is 9.88. The molecule has 2 aromatic carbocycles. The van der Waals surface area contributed by atoms with Crippen LogP contribution in [0.25, 0.3) is 0 Å². The number of nitrogens with one attached hydrogen (secondary N) is 1. The summed E-state index contributed by atoms with van der Waals surface area (Å²) in [5.74, 6) is -3.24. The third-order valence-corrected chi connectivity index (χ3v) is 5.14. The number of benzene rings is 2. The van der Waals surface area contributed by atoms with Gasteiger partial charge in [0.15, 0.2) is 11.6 Å². The zero-order chi connectivity index (χ0) is 21.9. The molecule has 0 aliphatic heterocycles. The van der Waals surface area contributed by atoms with Crippen molar-refractivity contribution in [1.82, 2.24) is 0 Å². The number of non-ortho nitro benzene ring substituents is 1. The maximum atomic E-state index is 13.6. The van der Waals surface area contributed by atoms with E-state index in [1.165, 1.54) is 26.2 Å². The number of anilines is 2. The number of amides is 1. The minimum absolute atomic E-state index is 0.0581. The van der Waals surface area contributed by atoms with E-state index in [-0.39, 0.29) is 22.8 Å². The lowest BCUT2D eigenvalue weighted by molar-refractivity contribution is -0.384. The third kappa shape index (κ3) is 4.96. The number of hydrogen-bond acceptors (Lipinski definition) is 6. The summed E-state index contributed by atoms with van der Waals surface area (Å²) >= 11 is 0. The van der Waals surface area contributed by atoms with E-state index in [2.05, 4.69) is 5.32 Å². The second kappa shape index (κ2) is 8.39. The van der Waals surface area contributed by atoms with Crippen LogP contribution in [-0.2, 0) is 14.8 Å². The predicted octanol–water partition coefficient (Wildman–Crippen LogP) is 2.67. The molecule has 9 nitrogen and oxygen atoms in total. The van der Waals surface area contributed by atoms with E-state index in [4.69, 9.17) is 4.74 Å². The summed E-state index contributed by atoms with van der Waals surface area (Å²) in [4.78, 5) is 22.9. The number of nitro groups is 1. The Bertz CT molecular complexity index is 1060. The van der Waals surface area contributed by atoms with Crippen molar-refractivity contribution < 1.29 is 31.7 Å². The molecular formula is C17H17F2N3O6S. The lowest BCUT2D eigenvalue weighted by atomic mass is 10.2. The van der Waals surface area contributed by atoms with E-state index in [0.717, 1.165) is 24.5 Å². The van der Waals surface area contributed by atoms with Crippen LogP contribution in [0.1, 0.15) is 6.92 Å². The normalized spacial score (nSPS) is 12.2. The molecule has 156 valence electrons. The molecule has 0 heterocycles. The van der Waals surface area contributed by atoms with E-state index < -0.39 is 38.5 Å². The predicted molar refractivity (Wildman–Crippen MR) is 101 cm³/mol. The molecule has 1 amide bonds. The highest BCUT2D eigenvalue weighted by molar-refractivity contribution is 7.92. The van der Waals surface area contributed by atoms with E-state index >= 15 is 0 Å². The highest BCUT2D eigenvalue weighted by atomic mass is 32.2. The van der Waals surface area contributed by atoms with Gasteiger partial charge in [0.2, 0.25) is 15.9 Å². The average molecular weight is 429 g/mol. The number of sulfonamides is 1. The molecule has 0 aromatic heterocycles. The van der Waals surface area contributed by atoms with Crippen LogP contribution >= 0.6 is 0 Å². The van der Waals surface area contributed by atoms with Crippen LogP contribution in [0.3, 0.4) is 0 Å². The van der Waals surface area contributed by atoms with Crippen molar-refractivity contribution in [2.24, 2.45) is 0 Å². The third-order valence-electron chi connectivity index (χ3n) is 3.90. The summed E-state index contributed by atoms with van der Waals surface area (Å²) in [5.41, 5.74) is -0.647. The smallest absolute Gasteiger partial charge is 0.271 e. The number of nitrogens with zero attached hydrogens (tertiary/aromatic N) is 2. The summed E-state index contributed by atoms with van der Waals surface area (Å²) in [6.45, 7) is 1.22. The highest BCUT2D eigenvalue weighted by Gasteiger charge is 2.30. The van der Waals surface area contributed by atoms with Crippen LogP contribution in [0.15, 0.2) is 36.4 Å². The van der Waals surface area contributed by atoms with Crippen molar-refractivity contribution in [3.8, 4) is 5.75 Å². The summed E-state index contributed by atoms with van der Waals surface area (Å²) in [7, 11) is -2.80. The van der Waals surface area contributed by atoms with Crippen LogP contribution < -0.4 is 14.4 Å². The molecule has 0 saturated carbocycles. The second-order valence-electron chi connectivity index (χ2n) is 5.96. The quantitative estimate of drug-likeness (QED) is 0.534. The van der Waals surface area contributed by atoms with Gasteiger partial charge >= 0.3 is 0 Å². The van der Waals surface area contributed by atoms with Gasteiger partial charge < -0.3 is 10.1 Å². The van der Waals surface area contributed by atoms with Crippen molar-refractivity contribution in [3.63, 3.8) is 0 Å².